The number of ether oxygens (including phenoxy) is 1. The second-order valence-corrected chi connectivity index (χ2v) is 8.49. The smallest absolute Gasteiger partial charge is 0.262 e. The van der Waals surface area contributed by atoms with E-state index in [1.807, 2.05) is 31.3 Å². The number of fused-ring (bicyclic) bond motifs is 3. The minimum Gasteiger partial charge on any atom is -0.471 e. The van der Waals surface area contributed by atoms with Crippen LogP contribution in [0.4, 0.5) is 5.82 Å². The van der Waals surface area contributed by atoms with Crippen molar-refractivity contribution in [3.63, 3.8) is 0 Å². The second kappa shape index (κ2) is 6.32. The molecule has 2 N–H and O–H groups in total. The van der Waals surface area contributed by atoms with Gasteiger partial charge in [-0.25, -0.2) is 4.52 Å². The number of nitrogens with one attached hydrogen (secondary N) is 2. The minimum absolute atomic E-state index is 0.0551. The summed E-state index contributed by atoms with van der Waals surface area (Å²) in [5, 5.41) is 15.0. The van der Waals surface area contributed by atoms with Crippen LogP contribution in [0.15, 0.2) is 28.9 Å². The Hall–Kier alpha value is -2.87. The summed E-state index contributed by atoms with van der Waals surface area (Å²) in [5.74, 6) is 2.61. The predicted molar refractivity (Wildman–Crippen MR) is 106 cm³/mol. The molecule has 2 bridgehead atoms. The van der Waals surface area contributed by atoms with Gasteiger partial charge in [-0.2, -0.15) is 5.10 Å². The predicted octanol–water partition coefficient (Wildman–Crippen LogP) is 2.78. The van der Waals surface area contributed by atoms with Crippen LogP contribution in [0.25, 0.3) is 16.6 Å². The number of rotatable bonds is 5. The molecule has 2 aliphatic carbocycles. The second-order valence-electron chi connectivity index (χ2n) is 8.49. The largest absolute Gasteiger partial charge is 0.471 e. The standard InChI is InChI=1S/C21H23N5O3/c1-11-19(21(25-29-11)28-17-8-15-6-14(17)10-22-15)13-4-5-26-16(7-13)9-18(24-26)23-20(27)12-2-3-12/h4-5,7,9,12,14-15,17,22H,2-3,6,8,10H2,1H3,(H,23,24,27). The average molecular weight is 393 g/mol. The average Bonchev–Trinajstić information content (AvgIpc) is 3.00. The molecule has 2 saturated carbocycles. The van der Waals surface area contributed by atoms with Crippen molar-refractivity contribution >= 4 is 17.2 Å². The Balaban J connectivity index is 1.29. The van der Waals surface area contributed by atoms with Gasteiger partial charge in [0.25, 0.3) is 5.88 Å². The molecule has 0 radical (unpaired) electrons. The van der Waals surface area contributed by atoms with Crippen LogP contribution >= 0.6 is 0 Å². The van der Waals surface area contributed by atoms with E-state index >= 15 is 0 Å². The molecule has 8 nitrogen and oxygen atoms in total. The third kappa shape index (κ3) is 2.98. The van der Waals surface area contributed by atoms with E-state index in [1.54, 1.807) is 4.52 Å². The van der Waals surface area contributed by atoms with Crippen LogP contribution in [0.1, 0.15) is 31.4 Å². The molecule has 0 aromatic carbocycles. The molecule has 3 aliphatic rings. The topological polar surface area (TPSA) is 93.7 Å². The van der Waals surface area contributed by atoms with Gasteiger partial charge in [-0.1, -0.05) is 0 Å². The third-order valence-corrected chi connectivity index (χ3v) is 6.34. The Labute approximate surface area is 167 Å². The van der Waals surface area contributed by atoms with Crippen LogP contribution in [-0.4, -0.2) is 39.4 Å². The molecular weight excluding hydrogens is 370 g/mol. The number of hydrogen-bond acceptors (Lipinski definition) is 6. The highest BCUT2D eigenvalue weighted by atomic mass is 16.5. The van der Waals surface area contributed by atoms with Crippen molar-refractivity contribution < 1.29 is 14.1 Å². The van der Waals surface area contributed by atoms with Crippen LogP contribution in [-0.2, 0) is 4.79 Å². The van der Waals surface area contributed by atoms with Gasteiger partial charge in [-0.05, 0) is 49.0 Å². The van der Waals surface area contributed by atoms with Crippen molar-refractivity contribution in [3.8, 4) is 17.0 Å². The van der Waals surface area contributed by atoms with E-state index in [2.05, 4.69) is 20.9 Å². The lowest BCUT2D eigenvalue weighted by molar-refractivity contribution is -0.117. The van der Waals surface area contributed by atoms with E-state index in [4.69, 9.17) is 9.26 Å². The third-order valence-electron chi connectivity index (χ3n) is 6.34. The van der Waals surface area contributed by atoms with Crippen LogP contribution in [0, 0.1) is 18.8 Å². The van der Waals surface area contributed by atoms with Gasteiger partial charge in [-0.15, -0.1) is 0 Å². The molecule has 1 saturated heterocycles. The molecule has 3 fully saturated rings. The first-order valence-electron chi connectivity index (χ1n) is 10.3. The summed E-state index contributed by atoms with van der Waals surface area (Å²) >= 11 is 0. The number of anilines is 1. The fourth-order valence-corrected chi connectivity index (χ4v) is 4.62. The summed E-state index contributed by atoms with van der Waals surface area (Å²) in [6.45, 7) is 2.91. The van der Waals surface area contributed by atoms with Crippen molar-refractivity contribution in [1.82, 2.24) is 20.1 Å². The molecule has 29 heavy (non-hydrogen) atoms. The van der Waals surface area contributed by atoms with Gasteiger partial charge in [0.05, 0.1) is 11.1 Å². The fourth-order valence-electron chi connectivity index (χ4n) is 4.62. The van der Waals surface area contributed by atoms with Gasteiger partial charge in [0, 0.05) is 43.1 Å². The molecule has 4 heterocycles. The molecule has 3 unspecified atom stereocenters. The van der Waals surface area contributed by atoms with Gasteiger partial charge >= 0.3 is 0 Å². The fraction of sp³-hybridized carbons (Fsp3) is 0.476. The summed E-state index contributed by atoms with van der Waals surface area (Å²) in [6.07, 6.45) is 6.20. The van der Waals surface area contributed by atoms with Crippen molar-refractivity contribution in [2.75, 3.05) is 11.9 Å². The lowest BCUT2D eigenvalue weighted by atomic mass is 10.1. The molecule has 1 aliphatic heterocycles. The van der Waals surface area contributed by atoms with Crippen molar-refractivity contribution in [1.29, 1.82) is 0 Å². The van der Waals surface area contributed by atoms with Gasteiger partial charge in [0.1, 0.15) is 11.9 Å². The van der Waals surface area contributed by atoms with E-state index in [9.17, 15) is 4.79 Å². The zero-order chi connectivity index (χ0) is 19.5. The van der Waals surface area contributed by atoms with Crippen LogP contribution in [0.3, 0.4) is 0 Å². The lowest BCUT2D eigenvalue weighted by Gasteiger charge is -2.22. The molecule has 6 rings (SSSR count). The number of carbonyl (C=O) groups excluding carboxylic acids is 1. The number of carbonyl (C=O) groups is 1. The quantitative estimate of drug-likeness (QED) is 0.692. The SMILES string of the molecule is Cc1onc(OC2CC3CC2CN3)c1-c1ccn2nc(NC(=O)C3CC3)cc2c1. The van der Waals surface area contributed by atoms with E-state index in [1.165, 1.54) is 6.42 Å². The van der Waals surface area contributed by atoms with Crippen molar-refractivity contribution in [2.24, 2.45) is 11.8 Å². The molecule has 3 aromatic rings. The summed E-state index contributed by atoms with van der Waals surface area (Å²) < 4.78 is 13.5. The highest BCUT2D eigenvalue weighted by molar-refractivity contribution is 5.93. The Bertz CT molecular complexity index is 1100. The summed E-state index contributed by atoms with van der Waals surface area (Å²) in [7, 11) is 0. The van der Waals surface area contributed by atoms with Gasteiger partial charge < -0.3 is 19.9 Å². The number of nitrogens with zero attached hydrogens (tertiary/aromatic N) is 3. The monoisotopic (exact) mass is 393 g/mol. The first-order chi connectivity index (χ1) is 14.1. The van der Waals surface area contributed by atoms with Gasteiger partial charge in [0.2, 0.25) is 5.91 Å². The van der Waals surface area contributed by atoms with Crippen LogP contribution < -0.4 is 15.4 Å². The molecule has 0 spiro atoms. The van der Waals surface area contributed by atoms with E-state index in [-0.39, 0.29) is 17.9 Å². The maximum atomic E-state index is 12.0. The molecular formula is C21H23N5O3. The van der Waals surface area contributed by atoms with Crippen LogP contribution in [0.5, 0.6) is 5.88 Å². The van der Waals surface area contributed by atoms with Gasteiger partial charge in [-0.3, -0.25) is 4.79 Å². The number of aromatic nitrogens is 3. The first kappa shape index (κ1) is 17.0. The Morgan fingerprint density at radius 1 is 1.34 bits per heavy atom. The molecule has 3 atom stereocenters. The Kier molecular flexibility index (Phi) is 3.71. The molecule has 1 amide bonds. The van der Waals surface area contributed by atoms with E-state index in [0.29, 0.717) is 23.7 Å². The maximum Gasteiger partial charge on any atom is 0.262 e. The highest BCUT2D eigenvalue weighted by Crippen LogP contribution is 2.39. The highest BCUT2D eigenvalue weighted by Gasteiger charge is 2.41. The minimum atomic E-state index is 0.0551. The normalized spacial score (nSPS) is 25.6. The number of amides is 1. The first-order valence-corrected chi connectivity index (χ1v) is 10.3. The number of aryl methyl sites for hydroxylation is 1. The van der Waals surface area contributed by atoms with Crippen LogP contribution in [0.2, 0.25) is 0 Å². The zero-order valence-corrected chi connectivity index (χ0v) is 16.2. The Morgan fingerprint density at radius 2 is 2.24 bits per heavy atom. The van der Waals surface area contributed by atoms with E-state index < -0.39 is 0 Å². The molecule has 3 aromatic heterocycles. The van der Waals surface area contributed by atoms with Crippen molar-refractivity contribution in [2.45, 2.75) is 44.8 Å². The number of piperidine rings is 1. The molecule has 150 valence electrons. The number of pyridine rings is 1. The number of hydrogen-bond donors (Lipinski definition) is 2. The lowest BCUT2D eigenvalue weighted by Crippen LogP contribution is -2.35. The summed E-state index contributed by atoms with van der Waals surface area (Å²) in [6, 6.07) is 6.44. The maximum absolute atomic E-state index is 12.0. The summed E-state index contributed by atoms with van der Waals surface area (Å²) in [4.78, 5) is 12.0. The van der Waals surface area contributed by atoms with Gasteiger partial charge in [0.15, 0.2) is 5.82 Å². The van der Waals surface area contributed by atoms with E-state index in [0.717, 1.165) is 48.2 Å². The Morgan fingerprint density at radius 3 is 3.00 bits per heavy atom. The summed E-state index contributed by atoms with van der Waals surface area (Å²) in [5.41, 5.74) is 2.74. The van der Waals surface area contributed by atoms with Crippen molar-refractivity contribution in [3.05, 3.63) is 30.2 Å². The molecule has 8 heteroatoms. The zero-order valence-electron chi connectivity index (χ0n) is 16.2.